The molecule has 2 aromatic carbocycles. The molecule has 1 fully saturated rings. The van der Waals surface area contributed by atoms with E-state index in [-0.39, 0.29) is 18.2 Å². The molecule has 1 saturated heterocycles. The Morgan fingerprint density at radius 1 is 1.22 bits per heavy atom. The third-order valence-electron chi connectivity index (χ3n) is 4.68. The zero-order chi connectivity index (χ0) is 19.4. The molecule has 1 aliphatic rings. The maximum absolute atomic E-state index is 12.8. The van der Waals surface area contributed by atoms with E-state index in [1.54, 1.807) is 11.8 Å². The third kappa shape index (κ3) is 4.42. The number of nitrogens with one attached hydrogen (secondary N) is 1. The number of nitrogens with zero attached hydrogens (tertiary/aromatic N) is 1. The van der Waals surface area contributed by atoms with Crippen molar-refractivity contribution in [3.8, 4) is 0 Å². The fraction of sp³-hybridized carbons (Fsp3) is 0.350. The maximum atomic E-state index is 12.8. The summed E-state index contributed by atoms with van der Waals surface area (Å²) in [6.07, 6.45) is 0.124. The highest BCUT2D eigenvalue weighted by atomic mass is 32.2. The van der Waals surface area contributed by atoms with Crippen LogP contribution in [0.15, 0.2) is 42.5 Å². The van der Waals surface area contributed by atoms with Crippen LogP contribution in [0, 0.1) is 0 Å². The Bertz CT molecular complexity index is 870. The van der Waals surface area contributed by atoms with Crippen molar-refractivity contribution in [2.24, 2.45) is 0 Å². The van der Waals surface area contributed by atoms with Gasteiger partial charge in [-0.2, -0.15) is 0 Å². The Balaban J connectivity index is 1.82. The van der Waals surface area contributed by atoms with Crippen molar-refractivity contribution >= 4 is 40.3 Å². The van der Waals surface area contributed by atoms with Crippen molar-refractivity contribution in [1.29, 1.82) is 0 Å². The van der Waals surface area contributed by atoms with Gasteiger partial charge in [0.15, 0.2) is 0 Å². The van der Waals surface area contributed by atoms with E-state index >= 15 is 0 Å². The summed E-state index contributed by atoms with van der Waals surface area (Å²) in [6.45, 7) is 1.77. The third-order valence-corrected chi connectivity index (χ3v) is 5.69. The molecule has 6 nitrogen and oxygen atoms in total. The van der Waals surface area contributed by atoms with Crippen molar-refractivity contribution < 1.29 is 19.5 Å². The first-order chi connectivity index (χ1) is 13.0. The highest BCUT2D eigenvalue weighted by molar-refractivity contribution is 7.99. The molecule has 1 heterocycles. The van der Waals surface area contributed by atoms with E-state index in [0.717, 1.165) is 16.3 Å². The van der Waals surface area contributed by atoms with Gasteiger partial charge in [0.25, 0.3) is 0 Å². The van der Waals surface area contributed by atoms with E-state index in [9.17, 15) is 19.5 Å². The first kappa shape index (κ1) is 19.2. The summed E-state index contributed by atoms with van der Waals surface area (Å²) in [5.74, 6) is -0.350. The Labute approximate surface area is 161 Å². The minimum atomic E-state index is -0.990. The first-order valence-electron chi connectivity index (χ1n) is 8.87. The molecule has 0 saturated carbocycles. The van der Waals surface area contributed by atoms with Gasteiger partial charge in [-0.25, -0.2) is 0 Å². The lowest BCUT2D eigenvalue weighted by Gasteiger charge is -2.25. The number of benzene rings is 2. The van der Waals surface area contributed by atoms with E-state index in [1.807, 2.05) is 42.5 Å². The van der Waals surface area contributed by atoms with Crippen LogP contribution < -0.4 is 5.32 Å². The Kier molecular flexibility index (Phi) is 6.01. The second-order valence-electron chi connectivity index (χ2n) is 6.50. The molecule has 27 heavy (non-hydrogen) atoms. The molecule has 0 aliphatic carbocycles. The number of carboxylic acid groups (broad SMARTS) is 1. The van der Waals surface area contributed by atoms with Crippen LogP contribution in [-0.4, -0.2) is 45.5 Å². The average molecular weight is 386 g/mol. The summed E-state index contributed by atoms with van der Waals surface area (Å²) in [4.78, 5) is 37.8. The fourth-order valence-corrected chi connectivity index (χ4v) is 4.41. The zero-order valence-corrected chi connectivity index (χ0v) is 15.9. The fourth-order valence-electron chi connectivity index (χ4n) is 3.23. The van der Waals surface area contributed by atoms with Crippen LogP contribution in [0.25, 0.3) is 10.8 Å². The molecule has 0 aromatic heterocycles. The van der Waals surface area contributed by atoms with Crippen LogP contribution in [0.4, 0.5) is 0 Å². The molecule has 1 unspecified atom stereocenters. The van der Waals surface area contributed by atoms with Gasteiger partial charge in [0.2, 0.25) is 11.8 Å². The summed E-state index contributed by atoms with van der Waals surface area (Å²) >= 11 is 1.53. The van der Waals surface area contributed by atoms with Crippen molar-refractivity contribution in [3.63, 3.8) is 0 Å². The molecule has 7 heteroatoms. The molecule has 2 atom stereocenters. The predicted molar refractivity (Wildman–Crippen MR) is 105 cm³/mol. The van der Waals surface area contributed by atoms with Crippen LogP contribution in [0.2, 0.25) is 0 Å². The average Bonchev–Trinajstić information content (AvgIpc) is 3.16. The standard InChI is InChI=1S/C20H22N2O4S/c1-2-18(23)22-12-27-11-17(22)20(26)21-16(10-19(24)25)15-8-7-13-5-3-4-6-14(13)9-15/h3-9,16-17H,2,10-12H2,1H3,(H,21,26)(H,24,25)/t16-,17?/m0/s1. The van der Waals surface area contributed by atoms with Crippen molar-refractivity contribution in [1.82, 2.24) is 10.2 Å². The number of hydrogen-bond donors (Lipinski definition) is 2. The quantitative estimate of drug-likeness (QED) is 0.797. The van der Waals surface area contributed by atoms with E-state index in [1.165, 1.54) is 11.8 Å². The predicted octanol–water partition coefficient (Wildman–Crippen LogP) is 2.78. The maximum Gasteiger partial charge on any atom is 0.305 e. The summed E-state index contributed by atoms with van der Waals surface area (Å²) < 4.78 is 0. The number of amides is 2. The molecule has 2 N–H and O–H groups in total. The topological polar surface area (TPSA) is 86.7 Å². The van der Waals surface area contributed by atoms with Crippen LogP contribution in [-0.2, 0) is 14.4 Å². The number of fused-ring (bicyclic) bond motifs is 1. The number of thioether (sulfide) groups is 1. The van der Waals surface area contributed by atoms with Gasteiger partial charge in [0.05, 0.1) is 18.3 Å². The molecule has 142 valence electrons. The number of hydrogen-bond acceptors (Lipinski definition) is 4. The summed E-state index contributed by atoms with van der Waals surface area (Å²) in [5.41, 5.74) is 0.739. The minimum Gasteiger partial charge on any atom is -0.481 e. The zero-order valence-electron chi connectivity index (χ0n) is 15.1. The lowest BCUT2D eigenvalue weighted by molar-refractivity contribution is -0.140. The Morgan fingerprint density at radius 3 is 2.67 bits per heavy atom. The van der Waals surface area contributed by atoms with Gasteiger partial charge in [-0.3, -0.25) is 14.4 Å². The number of carbonyl (C=O) groups excluding carboxylic acids is 2. The summed E-state index contributed by atoms with van der Waals surface area (Å²) in [5, 5.41) is 14.2. The van der Waals surface area contributed by atoms with Gasteiger partial charge in [-0.05, 0) is 22.4 Å². The number of rotatable bonds is 6. The van der Waals surface area contributed by atoms with Crippen molar-refractivity contribution in [2.75, 3.05) is 11.6 Å². The smallest absolute Gasteiger partial charge is 0.305 e. The second-order valence-corrected chi connectivity index (χ2v) is 7.50. The van der Waals surface area contributed by atoms with E-state index < -0.39 is 18.1 Å². The van der Waals surface area contributed by atoms with Gasteiger partial charge in [0, 0.05) is 12.2 Å². The van der Waals surface area contributed by atoms with Crippen LogP contribution >= 0.6 is 11.8 Å². The van der Waals surface area contributed by atoms with Crippen molar-refractivity contribution in [3.05, 3.63) is 48.0 Å². The lowest BCUT2D eigenvalue weighted by atomic mass is 9.99. The molecule has 2 amide bonds. The van der Waals surface area contributed by atoms with Gasteiger partial charge in [-0.15, -0.1) is 11.8 Å². The molecule has 0 bridgehead atoms. The lowest BCUT2D eigenvalue weighted by Crippen LogP contribution is -2.48. The SMILES string of the molecule is CCC(=O)N1CSCC1C(=O)N[C@@H](CC(=O)O)c1ccc2ccccc2c1. The highest BCUT2D eigenvalue weighted by Gasteiger charge is 2.35. The molecule has 0 radical (unpaired) electrons. The largest absolute Gasteiger partial charge is 0.481 e. The van der Waals surface area contributed by atoms with Gasteiger partial charge in [0.1, 0.15) is 6.04 Å². The Hall–Kier alpha value is -2.54. The van der Waals surface area contributed by atoms with Gasteiger partial charge < -0.3 is 15.3 Å². The highest BCUT2D eigenvalue weighted by Crippen LogP contribution is 2.25. The Morgan fingerprint density at radius 2 is 1.96 bits per heavy atom. The van der Waals surface area contributed by atoms with E-state index in [4.69, 9.17) is 0 Å². The molecule has 1 aliphatic heterocycles. The normalized spacial score (nSPS) is 17.7. The molecule has 3 rings (SSSR count). The number of carbonyl (C=O) groups is 3. The summed E-state index contributed by atoms with van der Waals surface area (Å²) in [6, 6.07) is 12.3. The van der Waals surface area contributed by atoms with Crippen LogP contribution in [0.5, 0.6) is 0 Å². The molecule has 2 aromatic rings. The van der Waals surface area contributed by atoms with Crippen LogP contribution in [0.3, 0.4) is 0 Å². The second kappa shape index (κ2) is 8.43. The molecule has 0 spiro atoms. The first-order valence-corrected chi connectivity index (χ1v) is 10.0. The molecular weight excluding hydrogens is 364 g/mol. The van der Waals surface area contributed by atoms with Gasteiger partial charge >= 0.3 is 5.97 Å². The number of aliphatic carboxylic acids is 1. The van der Waals surface area contributed by atoms with E-state index in [0.29, 0.717) is 18.1 Å². The summed E-state index contributed by atoms with van der Waals surface area (Å²) in [7, 11) is 0. The van der Waals surface area contributed by atoms with Crippen molar-refractivity contribution in [2.45, 2.75) is 31.8 Å². The van der Waals surface area contributed by atoms with Crippen LogP contribution in [0.1, 0.15) is 31.4 Å². The monoisotopic (exact) mass is 386 g/mol. The molecular formula is C20H22N2O4S. The number of carboxylic acids is 1. The minimum absolute atomic E-state index is 0.0689. The van der Waals surface area contributed by atoms with Gasteiger partial charge in [-0.1, -0.05) is 43.3 Å². The van der Waals surface area contributed by atoms with E-state index in [2.05, 4.69) is 5.32 Å².